The fourth-order valence-electron chi connectivity index (χ4n) is 0.247. The maximum absolute atomic E-state index is 10.2. The molecule has 0 fully saturated rings. The molecule has 11 heavy (non-hydrogen) atoms. The maximum Gasteiger partial charge on any atom is 0.471 e. The fourth-order valence-corrected chi connectivity index (χ4v) is 0.480. The fraction of sp³-hybridized carbons (Fsp3) is 0.667. The summed E-state index contributed by atoms with van der Waals surface area (Å²) >= 11 is 0. The molecule has 0 aliphatic carbocycles. The molecule has 0 saturated carbocycles. The topological polar surface area (TPSA) is 105 Å². The molecule has 7 nitrogen and oxygen atoms in total. The summed E-state index contributed by atoms with van der Waals surface area (Å²) in [5.74, 6) is 0. The number of amides is 1. The van der Waals surface area contributed by atoms with Crippen LogP contribution in [0.5, 0.6) is 0 Å². The Morgan fingerprint density at radius 2 is 2.18 bits per heavy atom. The van der Waals surface area contributed by atoms with Gasteiger partial charge in [0.05, 0.1) is 7.11 Å². The van der Waals surface area contributed by atoms with E-state index in [2.05, 4.69) is 9.26 Å². The van der Waals surface area contributed by atoms with Crippen LogP contribution in [0.25, 0.3) is 0 Å². The van der Waals surface area contributed by atoms with E-state index in [1.807, 2.05) is 5.32 Å². The van der Waals surface area contributed by atoms with Crippen LogP contribution in [0.3, 0.4) is 0 Å². The third kappa shape index (κ3) is 7.27. The number of carbonyl (C=O) groups is 1. The van der Waals surface area contributed by atoms with Crippen molar-refractivity contribution in [1.29, 1.82) is 0 Å². The van der Waals surface area contributed by atoms with Crippen molar-refractivity contribution in [3.8, 4) is 0 Å². The Morgan fingerprint density at radius 3 is 2.55 bits per heavy atom. The van der Waals surface area contributed by atoms with Crippen LogP contribution in [-0.4, -0.2) is 29.7 Å². The molecule has 0 saturated heterocycles. The van der Waals surface area contributed by atoms with Crippen molar-refractivity contribution in [2.24, 2.45) is 0 Å². The van der Waals surface area contributed by atoms with Crippen molar-refractivity contribution in [1.82, 2.24) is 5.32 Å². The molecular weight excluding hydrogens is 177 g/mol. The molecule has 66 valence electrons. The number of phosphoric acid groups is 1. The second kappa shape index (κ2) is 4.30. The highest BCUT2D eigenvalue weighted by Crippen LogP contribution is 2.34. The molecule has 0 aliphatic rings. The predicted octanol–water partition coefficient (Wildman–Crippen LogP) is -0.591. The van der Waals surface area contributed by atoms with Crippen molar-refractivity contribution < 1.29 is 28.4 Å². The van der Waals surface area contributed by atoms with E-state index < -0.39 is 20.6 Å². The van der Waals surface area contributed by atoms with Gasteiger partial charge in [-0.15, -0.1) is 0 Å². The third-order valence-corrected chi connectivity index (χ3v) is 1.10. The monoisotopic (exact) mass is 185 g/mol. The smallest absolute Gasteiger partial charge is 0.453 e. The minimum Gasteiger partial charge on any atom is -0.453 e. The second-order valence-corrected chi connectivity index (χ2v) is 2.67. The second-order valence-electron chi connectivity index (χ2n) is 1.43. The van der Waals surface area contributed by atoms with Crippen LogP contribution < -0.4 is 5.32 Å². The Hall–Kier alpha value is -0.620. The van der Waals surface area contributed by atoms with E-state index in [1.54, 1.807) is 0 Å². The SMILES string of the molecule is COC(=O)NCOP(=O)(O)O. The van der Waals surface area contributed by atoms with Gasteiger partial charge >= 0.3 is 13.9 Å². The number of hydrogen-bond acceptors (Lipinski definition) is 4. The largest absolute Gasteiger partial charge is 0.471 e. The summed E-state index contributed by atoms with van der Waals surface area (Å²) in [6.07, 6.45) is -0.821. The Labute approximate surface area is 62.5 Å². The number of rotatable bonds is 3. The van der Waals surface area contributed by atoms with Crippen molar-refractivity contribution in [2.75, 3.05) is 13.8 Å². The molecular formula is C3H8NO6P. The van der Waals surface area contributed by atoms with Gasteiger partial charge in [-0.1, -0.05) is 0 Å². The van der Waals surface area contributed by atoms with Gasteiger partial charge in [-0.25, -0.2) is 9.36 Å². The van der Waals surface area contributed by atoms with Gasteiger partial charge in [-0.2, -0.15) is 0 Å². The highest BCUT2D eigenvalue weighted by Gasteiger charge is 2.13. The lowest BCUT2D eigenvalue weighted by Crippen LogP contribution is -2.25. The lowest BCUT2D eigenvalue weighted by molar-refractivity contribution is 0.146. The van der Waals surface area contributed by atoms with Crippen molar-refractivity contribution in [3.05, 3.63) is 0 Å². The minimum atomic E-state index is -4.50. The van der Waals surface area contributed by atoms with Gasteiger partial charge in [0.2, 0.25) is 0 Å². The number of hydrogen-bond donors (Lipinski definition) is 3. The first-order valence-electron chi connectivity index (χ1n) is 2.47. The zero-order valence-corrected chi connectivity index (χ0v) is 6.58. The van der Waals surface area contributed by atoms with Crippen LogP contribution in [0, 0.1) is 0 Å². The molecule has 0 aromatic heterocycles. The summed E-state index contributed by atoms with van der Waals surface area (Å²) in [6.45, 7) is -0.586. The van der Waals surface area contributed by atoms with Gasteiger partial charge in [0.1, 0.15) is 6.73 Å². The molecule has 8 heteroatoms. The molecule has 0 radical (unpaired) electrons. The quantitative estimate of drug-likeness (QED) is 0.400. The molecule has 0 heterocycles. The molecule has 0 spiro atoms. The zero-order valence-electron chi connectivity index (χ0n) is 5.68. The third-order valence-electron chi connectivity index (χ3n) is 0.635. The summed E-state index contributed by atoms with van der Waals surface area (Å²) in [6, 6.07) is 0. The predicted molar refractivity (Wildman–Crippen MR) is 33.5 cm³/mol. The first-order chi connectivity index (χ1) is 4.95. The number of carbonyl (C=O) groups excluding carboxylic acids is 1. The zero-order chi connectivity index (χ0) is 8.91. The molecule has 1 amide bonds. The van der Waals surface area contributed by atoms with Crippen molar-refractivity contribution >= 4 is 13.9 Å². The Kier molecular flexibility index (Phi) is 4.06. The van der Waals surface area contributed by atoms with Crippen LogP contribution in [0.4, 0.5) is 4.79 Å². The summed E-state index contributed by atoms with van der Waals surface area (Å²) in [4.78, 5) is 26.4. The standard InChI is InChI=1S/C3H8NO6P/c1-9-3(5)4-2-10-11(6,7)8/h2H2,1H3,(H,4,5)(H2,6,7,8). The molecule has 0 bridgehead atoms. The summed E-state index contributed by atoms with van der Waals surface area (Å²) in [7, 11) is -3.38. The van der Waals surface area contributed by atoms with E-state index in [0.29, 0.717) is 0 Å². The highest BCUT2D eigenvalue weighted by molar-refractivity contribution is 7.46. The first-order valence-corrected chi connectivity index (χ1v) is 4.00. The van der Waals surface area contributed by atoms with Crippen LogP contribution in [0.2, 0.25) is 0 Å². The van der Waals surface area contributed by atoms with Crippen LogP contribution in [0.15, 0.2) is 0 Å². The average molecular weight is 185 g/mol. The number of alkyl carbamates (subject to hydrolysis) is 1. The average Bonchev–Trinajstić information content (AvgIpc) is 1.85. The Balaban J connectivity index is 3.43. The molecule has 0 atom stereocenters. The number of phosphoric ester groups is 1. The lowest BCUT2D eigenvalue weighted by Gasteiger charge is -2.04. The first kappa shape index (κ1) is 10.4. The molecule has 0 unspecified atom stereocenters. The van der Waals surface area contributed by atoms with E-state index >= 15 is 0 Å². The molecule has 3 N–H and O–H groups in total. The van der Waals surface area contributed by atoms with Crippen LogP contribution in [0.1, 0.15) is 0 Å². The Morgan fingerprint density at radius 1 is 1.64 bits per heavy atom. The molecule has 0 aromatic rings. The molecule has 0 aromatic carbocycles. The van der Waals surface area contributed by atoms with Crippen molar-refractivity contribution in [3.63, 3.8) is 0 Å². The highest BCUT2D eigenvalue weighted by atomic mass is 31.2. The number of ether oxygens (including phenoxy) is 1. The van der Waals surface area contributed by atoms with Crippen molar-refractivity contribution in [2.45, 2.75) is 0 Å². The lowest BCUT2D eigenvalue weighted by atomic mass is 11.0. The summed E-state index contributed by atoms with van der Waals surface area (Å²) in [5, 5.41) is 1.91. The van der Waals surface area contributed by atoms with Gasteiger partial charge in [0, 0.05) is 0 Å². The van der Waals surface area contributed by atoms with Gasteiger partial charge in [0.15, 0.2) is 0 Å². The van der Waals surface area contributed by atoms with E-state index in [1.165, 1.54) is 0 Å². The van der Waals surface area contributed by atoms with Crippen LogP contribution in [-0.2, 0) is 13.8 Å². The molecule has 0 rings (SSSR count). The maximum atomic E-state index is 10.2. The van der Waals surface area contributed by atoms with Gasteiger partial charge in [-0.3, -0.25) is 9.84 Å². The Bertz CT molecular complexity index is 175. The van der Waals surface area contributed by atoms with E-state index in [0.717, 1.165) is 7.11 Å². The summed E-state index contributed by atoms with van der Waals surface area (Å²) < 4.78 is 17.9. The van der Waals surface area contributed by atoms with Crippen LogP contribution >= 0.6 is 7.82 Å². The van der Waals surface area contributed by atoms with E-state index in [9.17, 15) is 9.36 Å². The van der Waals surface area contributed by atoms with E-state index in [-0.39, 0.29) is 0 Å². The minimum absolute atomic E-state index is 0.586. The normalized spacial score (nSPS) is 10.8. The number of nitrogens with one attached hydrogen (secondary N) is 1. The van der Waals surface area contributed by atoms with Gasteiger partial charge in [0.25, 0.3) is 0 Å². The summed E-state index contributed by atoms with van der Waals surface area (Å²) in [5.41, 5.74) is 0. The molecule has 0 aliphatic heterocycles. The van der Waals surface area contributed by atoms with Gasteiger partial charge in [-0.05, 0) is 0 Å². The number of methoxy groups -OCH3 is 1. The van der Waals surface area contributed by atoms with Gasteiger partial charge < -0.3 is 14.5 Å². The van der Waals surface area contributed by atoms with E-state index in [4.69, 9.17) is 9.79 Å².